The number of aliphatic hydroxyl groups excluding tert-OH is 1. The molecule has 0 spiro atoms. The van der Waals surface area contributed by atoms with E-state index in [1.54, 1.807) is 24.3 Å². The second-order valence-electron chi connectivity index (χ2n) is 11.3. The molecular formula is C34H46N2O5. The molecule has 222 valence electrons. The minimum atomic E-state index is -0.877. The average molecular weight is 563 g/mol. The van der Waals surface area contributed by atoms with E-state index in [2.05, 4.69) is 6.92 Å². The maximum Gasteiger partial charge on any atom is 0.295 e. The molecule has 7 heteroatoms. The van der Waals surface area contributed by atoms with Crippen molar-refractivity contribution in [1.29, 1.82) is 0 Å². The van der Waals surface area contributed by atoms with Crippen LogP contribution in [0, 0.1) is 17.0 Å². The molecule has 1 atom stereocenters. The van der Waals surface area contributed by atoms with Gasteiger partial charge in [0, 0.05) is 24.2 Å². The van der Waals surface area contributed by atoms with Crippen molar-refractivity contribution < 1.29 is 19.6 Å². The van der Waals surface area contributed by atoms with E-state index in [4.69, 9.17) is 0 Å². The van der Waals surface area contributed by atoms with Crippen LogP contribution < -0.4 is 0 Å². The van der Waals surface area contributed by atoms with Crippen LogP contribution in [0.25, 0.3) is 5.76 Å². The van der Waals surface area contributed by atoms with Gasteiger partial charge in [-0.25, -0.2) is 0 Å². The van der Waals surface area contributed by atoms with Gasteiger partial charge >= 0.3 is 0 Å². The van der Waals surface area contributed by atoms with Crippen molar-refractivity contribution in [2.24, 2.45) is 0 Å². The van der Waals surface area contributed by atoms with Gasteiger partial charge in [0.25, 0.3) is 17.4 Å². The maximum atomic E-state index is 13.2. The molecule has 2 aromatic carbocycles. The monoisotopic (exact) mass is 562 g/mol. The quantitative estimate of drug-likeness (QED) is 0.0488. The van der Waals surface area contributed by atoms with E-state index in [1.807, 2.05) is 19.1 Å². The van der Waals surface area contributed by atoms with E-state index in [1.165, 1.54) is 81.2 Å². The molecule has 1 fully saturated rings. The number of aryl methyl sites for hydroxylation is 1. The fourth-order valence-corrected chi connectivity index (χ4v) is 5.61. The number of nitro groups is 1. The van der Waals surface area contributed by atoms with Crippen molar-refractivity contribution in [2.75, 3.05) is 6.54 Å². The molecule has 7 nitrogen and oxygen atoms in total. The number of non-ortho nitro benzene ring substituents is 1. The van der Waals surface area contributed by atoms with Crippen molar-refractivity contribution in [2.45, 2.75) is 110 Å². The van der Waals surface area contributed by atoms with Gasteiger partial charge in [-0.1, -0.05) is 132 Å². The number of amides is 1. The number of nitro benzene ring substituents is 1. The largest absolute Gasteiger partial charge is 0.507 e. The minimum Gasteiger partial charge on any atom is -0.507 e. The van der Waals surface area contributed by atoms with Gasteiger partial charge in [0.15, 0.2) is 0 Å². The van der Waals surface area contributed by atoms with Crippen LogP contribution in [0.2, 0.25) is 0 Å². The summed E-state index contributed by atoms with van der Waals surface area (Å²) in [5.41, 5.74) is 1.72. The van der Waals surface area contributed by atoms with E-state index in [0.29, 0.717) is 17.7 Å². The molecule has 1 heterocycles. The molecule has 1 aliphatic rings. The first kappa shape index (κ1) is 32.0. The summed E-state index contributed by atoms with van der Waals surface area (Å²) in [7, 11) is 0. The summed E-state index contributed by atoms with van der Waals surface area (Å²) >= 11 is 0. The molecule has 2 aromatic rings. The number of carbonyl (C=O) groups excluding carboxylic acids is 2. The van der Waals surface area contributed by atoms with Crippen LogP contribution in [-0.4, -0.2) is 33.2 Å². The zero-order chi connectivity index (χ0) is 29.6. The van der Waals surface area contributed by atoms with Gasteiger partial charge < -0.3 is 10.0 Å². The number of ketones is 1. The molecule has 1 amide bonds. The third-order valence-corrected chi connectivity index (χ3v) is 8.01. The van der Waals surface area contributed by atoms with Gasteiger partial charge in [-0.05, 0) is 18.9 Å². The first-order chi connectivity index (χ1) is 19.8. The molecule has 0 unspecified atom stereocenters. The van der Waals surface area contributed by atoms with Gasteiger partial charge in [0.1, 0.15) is 5.76 Å². The lowest BCUT2D eigenvalue weighted by Crippen LogP contribution is -2.30. The number of Topliss-reactive ketones (excluding diaryl/α,β-unsaturated/α-hetero) is 1. The fourth-order valence-electron chi connectivity index (χ4n) is 5.61. The Labute approximate surface area is 244 Å². The lowest BCUT2D eigenvalue weighted by molar-refractivity contribution is -0.384. The highest BCUT2D eigenvalue weighted by molar-refractivity contribution is 6.46. The summed E-state index contributed by atoms with van der Waals surface area (Å²) in [6.07, 6.45) is 17.0. The smallest absolute Gasteiger partial charge is 0.295 e. The number of nitrogens with zero attached hydrogens (tertiary/aromatic N) is 2. The van der Waals surface area contributed by atoms with Crippen LogP contribution in [-0.2, 0) is 9.59 Å². The maximum absolute atomic E-state index is 13.2. The Morgan fingerprint density at radius 1 is 0.829 bits per heavy atom. The van der Waals surface area contributed by atoms with E-state index in [-0.39, 0.29) is 17.0 Å². The third-order valence-electron chi connectivity index (χ3n) is 8.01. The van der Waals surface area contributed by atoms with E-state index >= 15 is 0 Å². The first-order valence-corrected chi connectivity index (χ1v) is 15.4. The fraction of sp³-hybridized carbons (Fsp3) is 0.529. The Balaban J connectivity index is 1.59. The van der Waals surface area contributed by atoms with Gasteiger partial charge in [-0.3, -0.25) is 19.7 Å². The molecule has 1 N–H and O–H groups in total. The Kier molecular flexibility index (Phi) is 13.1. The normalized spacial score (nSPS) is 16.4. The van der Waals surface area contributed by atoms with Crippen molar-refractivity contribution in [3.63, 3.8) is 0 Å². The second kappa shape index (κ2) is 16.7. The molecule has 1 saturated heterocycles. The average Bonchev–Trinajstić information content (AvgIpc) is 3.22. The van der Waals surface area contributed by atoms with E-state index < -0.39 is 22.7 Å². The van der Waals surface area contributed by atoms with E-state index in [9.17, 15) is 24.8 Å². The molecule has 0 aliphatic carbocycles. The molecular weight excluding hydrogens is 516 g/mol. The van der Waals surface area contributed by atoms with Crippen molar-refractivity contribution in [3.05, 3.63) is 80.9 Å². The highest BCUT2D eigenvalue weighted by Gasteiger charge is 2.46. The lowest BCUT2D eigenvalue weighted by Gasteiger charge is -2.25. The highest BCUT2D eigenvalue weighted by atomic mass is 16.6. The van der Waals surface area contributed by atoms with Gasteiger partial charge in [-0.2, -0.15) is 0 Å². The molecule has 1 aliphatic heterocycles. The number of hydrogen-bond acceptors (Lipinski definition) is 5. The van der Waals surface area contributed by atoms with Crippen LogP contribution in [0.5, 0.6) is 0 Å². The molecule has 3 rings (SSSR count). The molecule has 0 radical (unpaired) electrons. The Bertz CT molecular complexity index is 1190. The second-order valence-corrected chi connectivity index (χ2v) is 11.3. The number of unbranched alkanes of at least 4 members (excludes halogenated alkanes) is 13. The topological polar surface area (TPSA) is 101 Å². The van der Waals surface area contributed by atoms with Crippen LogP contribution in [0.15, 0.2) is 54.1 Å². The first-order valence-electron chi connectivity index (χ1n) is 15.4. The van der Waals surface area contributed by atoms with Crippen LogP contribution in [0.1, 0.15) is 120 Å². The molecule has 41 heavy (non-hydrogen) atoms. The predicted molar refractivity (Wildman–Crippen MR) is 164 cm³/mol. The summed E-state index contributed by atoms with van der Waals surface area (Å²) in [6, 6.07) is 12.2. The van der Waals surface area contributed by atoms with Crippen molar-refractivity contribution in [3.8, 4) is 0 Å². The van der Waals surface area contributed by atoms with Crippen LogP contribution in [0.4, 0.5) is 5.69 Å². The standard InChI is InChI=1S/C34H46N2O5/c1-3-4-5-6-7-8-9-10-11-12-13-14-15-16-24-35-31(28-18-17-19-29(25-28)36(40)41)30(33(38)34(35)39)32(37)27-22-20-26(2)21-23-27/h17-23,25,31,37H,3-16,24H2,1-2H3/t31-/m1/s1. The minimum absolute atomic E-state index is 0.0234. The lowest BCUT2D eigenvalue weighted by atomic mass is 9.94. The highest BCUT2D eigenvalue weighted by Crippen LogP contribution is 2.40. The summed E-state index contributed by atoms with van der Waals surface area (Å²) in [6.45, 7) is 4.51. The number of likely N-dealkylation sites (tertiary alicyclic amines) is 1. The SMILES string of the molecule is CCCCCCCCCCCCCCCCN1C(=O)C(=O)C(=C(O)c2ccc(C)cc2)[C@H]1c1cccc([N+](=O)[O-])c1. The van der Waals surface area contributed by atoms with Crippen LogP contribution >= 0.6 is 0 Å². The number of aliphatic hydroxyl groups is 1. The van der Waals surface area contributed by atoms with Gasteiger partial charge in [0.05, 0.1) is 16.5 Å². The molecule has 0 bridgehead atoms. The Hall–Kier alpha value is -3.48. The summed E-state index contributed by atoms with van der Waals surface area (Å²) in [5.74, 6) is -1.70. The summed E-state index contributed by atoms with van der Waals surface area (Å²) in [5, 5.41) is 22.6. The zero-order valence-corrected chi connectivity index (χ0v) is 24.8. The number of benzene rings is 2. The summed E-state index contributed by atoms with van der Waals surface area (Å²) in [4.78, 5) is 38.8. The number of rotatable bonds is 18. The van der Waals surface area contributed by atoms with Gasteiger partial charge in [0.2, 0.25) is 0 Å². The van der Waals surface area contributed by atoms with Gasteiger partial charge in [-0.15, -0.1) is 0 Å². The predicted octanol–water partition coefficient (Wildman–Crippen LogP) is 8.81. The number of hydrogen-bond donors (Lipinski definition) is 1. The van der Waals surface area contributed by atoms with Crippen LogP contribution in [0.3, 0.4) is 0 Å². The Morgan fingerprint density at radius 3 is 1.90 bits per heavy atom. The van der Waals surface area contributed by atoms with Crippen molar-refractivity contribution >= 4 is 23.1 Å². The number of carbonyl (C=O) groups is 2. The third kappa shape index (κ3) is 9.27. The Morgan fingerprint density at radius 2 is 1.37 bits per heavy atom. The molecule has 0 saturated carbocycles. The van der Waals surface area contributed by atoms with E-state index in [0.717, 1.165) is 31.2 Å². The summed E-state index contributed by atoms with van der Waals surface area (Å²) < 4.78 is 0. The van der Waals surface area contributed by atoms with Crippen molar-refractivity contribution in [1.82, 2.24) is 4.90 Å². The zero-order valence-electron chi connectivity index (χ0n) is 24.8. The molecule has 0 aromatic heterocycles.